The van der Waals surface area contributed by atoms with Crippen LogP contribution in [0.4, 0.5) is 0 Å². The van der Waals surface area contributed by atoms with Crippen molar-refractivity contribution in [3.63, 3.8) is 0 Å². The molecule has 0 saturated heterocycles. The molecule has 0 heterocycles. The average Bonchev–Trinajstić information content (AvgIpc) is 2.64. The maximum absolute atomic E-state index is 11.1. The van der Waals surface area contributed by atoms with Crippen LogP contribution in [0.3, 0.4) is 0 Å². The molecule has 2 aromatic carbocycles. The van der Waals surface area contributed by atoms with E-state index < -0.39 is 11.9 Å². The van der Waals surface area contributed by atoms with Gasteiger partial charge in [-0.15, -0.1) is 0 Å². The molecule has 2 aromatic rings. The summed E-state index contributed by atoms with van der Waals surface area (Å²) in [6.07, 6.45) is -0.289. The molecule has 0 aliphatic heterocycles. The van der Waals surface area contributed by atoms with E-state index in [4.69, 9.17) is 15.1 Å². The van der Waals surface area contributed by atoms with Gasteiger partial charge in [0.05, 0.1) is 17.2 Å². The zero-order valence-electron chi connectivity index (χ0n) is 16.8. The highest BCUT2D eigenvalue weighted by atomic mass is 16.7. The van der Waals surface area contributed by atoms with Crippen molar-refractivity contribution in [1.82, 2.24) is 5.06 Å². The Labute approximate surface area is 165 Å². The number of benzene rings is 2. The van der Waals surface area contributed by atoms with Crippen LogP contribution in [0.15, 0.2) is 48.5 Å². The molecule has 0 saturated carbocycles. The summed E-state index contributed by atoms with van der Waals surface area (Å²) in [5, 5.41) is 20.0. The Morgan fingerprint density at radius 2 is 1.21 bits per heavy atom. The number of hydroxylamine groups is 2. The molecule has 2 atom stereocenters. The summed E-state index contributed by atoms with van der Waals surface area (Å²) < 4.78 is 0. The highest BCUT2D eigenvalue weighted by Crippen LogP contribution is 2.32. The Balaban J connectivity index is 2.23. The Kier molecular flexibility index (Phi) is 6.59. The minimum absolute atomic E-state index is 0.122. The van der Waals surface area contributed by atoms with Crippen molar-refractivity contribution in [2.24, 2.45) is 0 Å². The fraction of sp³-hybridized carbons (Fsp3) is 0.364. The van der Waals surface area contributed by atoms with Gasteiger partial charge >= 0.3 is 11.9 Å². The van der Waals surface area contributed by atoms with E-state index in [1.165, 1.54) is 0 Å². The fourth-order valence-corrected chi connectivity index (χ4v) is 3.00. The largest absolute Gasteiger partial charge is 0.478 e. The zero-order valence-corrected chi connectivity index (χ0v) is 16.8. The van der Waals surface area contributed by atoms with E-state index in [9.17, 15) is 9.59 Å². The molecule has 0 aromatic heterocycles. The van der Waals surface area contributed by atoms with E-state index in [-0.39, 0.29) is 28.8 Å². The molecule has 2 unspecified atom stereocenters. The smallest absolute Gasteiger partial charge is 0.335 e. The third-order valence-electron chi connectivity index (χ3n) is 4.55. The van der Waals surface area contributed by atoms with E-state index >= 15 is 0 Å². The third-order valence-corrected chi connectivity index (χ3v) is 4.55. The minimum Gasteiger partial charge on any atom is -0.478 e. The lowest BCUT2D eigenvalue weighted by molar-refractivity contribution is -0.262. The number of aromatic carboxylic acids is 2. The number of hydrogen-bond donors (Lipinski definition) is 2. The van der Waals surface area contributed by atoms with E-state index in [0.29, 0.717) is 0 Å². The van der Waals surface area contributed by atoms with Crippen molar-refractivity contribution in [1.29, 1.82) is 0 Å². The van der Waals surface area contributed by atoms with Crippen LogP contribution in [-0.2, 0) is 4.84 Å². The quantitative estimate of drug-likeness (QED) is 0.657. The fourth-order valence-electron chi connectivity index (χ4n) is 3.00. The van der Waals surface area contributed by atoms with Crippen molar-refractivity contribution in [3.8, 4) is 0 Å². The minimum atomic E-state index is -0.963. The summed E-state index contributed by atoms with van der Waals surface area (Å²) in [5.41, 5.74) is 1.96. The Bertz CT molecular complexity index is 822. The Morgan fingerprint density at radius 1 is 0.821 bits per heavy atom. The normalized spacial score (nSPS) is 13.9. The monoisotopic (exact) mass is 385 g/mol. The molecule has 6 heteroatoms. The lowest BCUT2D eigenvalue weighted by atomic mass is 10.0. The first kappa shape index (κ1) is 21.6. The topological polar surface area (TPSA) is 87.1 Å². The predicted octanol–water partition coefficient (Wildman–Crippen LogP) is 4.94. The first-order valence-electron chi connectivity index (χ1n) is 9.13. The second kappa shape index (κ2) is 8.54. The molecule has 0 radical (unpaired) electrons. The lowest BCUT2D eigenvalue weighted by Gasteiger charge is -2.40. The number of rotatable bonds is 7. The summed E-state index contributed by atoms with van der Waals surface area (Å²) in [6.45, 7) is 10.0. The molecule has 0 spiro atoms. The third kappa shape index (κ3) is 5.18. The van der Waals surface area contributed by atoms with Crippen LogP contribution >= 0.6 is 0 Å². The standard InChI is InChI=1S/C22H27NO5/c1-14(16-6-10-18(11-7-16)20(24)25)23(22(3,4)5)28-15(2)17-8-12-19(13-9-17)21(26)27/h6-15H,1-5H3,(H,24,25)(H,26,27). The van der Waals surface area contributed by atoms with Crippen molar-refractivity contribution < 1.29 is 24.6 Å². The molecule has 0 aliphatic carbocycles. The predicted molar refractivity (Wildman–Crippen MR) is 106 cm³/mol. The number of carboxylic acid groups (broad SMARTS) is 2. The first-order chi connectivity index (χ1) is 13.0. The van der Waals surface area contributed by atoms with Gasteiger partial charge in [0.15, 0.2) is 0 Å². The van der Waals surface area contributed by atoms with Crippen LogP contribution in [-0.4, -0.2) is 32.8 Å². The highest BCUT2D eigenvalue weighted by molar-refractivity contribution is 5.88. The van der Waals surface area contributed by atoms with Gasteiger partial charge in [-0.3, -0.25) is 4.84 Å². The molecule has 28 heavy (non-hydrogen) atoms. The van der Waals surface area contributed by atoms with E-state index in [1.54, 1.807) is 48.5 Å². The van der Waals surface area contributed by atoms with Gasteiger partial charge in [-0.25, -0.2) is 9.59 Å². The van der Waals surface area contributed by atoms with Gasteiger partial charge in [0, 0.05) is 5.54 Å². The highest BCUT2D eigenvalue weighted by Gasteiger charge is 2.30. The molecule has 150 valence electrons. The van der Waals surface area contributed by atoms with Crippen LogP contribution in [0.2, 0.25) is 0 Å². The first-order valence-corrected chi connectivity index (χ1v) is 9.13. The summed E-state index contributed by atoms with van der Waals surface area (Å²) in [7, 11) is 0. The van der Waals surface area contributed by atoms with Crippen LogP contribution in [0.25, 0.3) is 0 Å². The van der Waals surface area contributed by atoms with Crippen LogP contribution < -0.4 is 0 Å². The van der Waals surface area contributed by atoms with Gasteiger partial charge in [0.25, 0.3) is 0 Å². The molecule has 0 aliphatic rings. The van der Waals surface area contributed by atoms with E-state index in [1.807, 2.05) is 39.7 Å². The van der Waals surface area contributed by atoms with Crippen LogP contribution in [0.5, 0.6) is 0 Å². The molecule has 2 rings (SSSR count). The lowest BCUT2D eigenvalue weighted by Crippen LogP contribution is -2.43. The molecular weight excluding hydrogens is 358 g/mol. The van der Waals surface area contributed by atoms with Gasteiger partial charge in [0.2, 0.25) is 0 Å². The number of nitrogens with zero attached hydrogens (tertiary/aromatic N) is 1. The van der Waals surface area contributed by atoms with Crippen molar-refractivity contribution in [2.45, 2.75) is 52.3 Å². The summed E-state index contributed by atoms with van der Waals surface area (Å²) in [6, 6.07) is 13.3. The van der Waals surface area contributed by atoms with Crippen LogP contribution in [0.1, 0.15) is 78.6 Å². The van der Waals surface area contributed by atoms with Crippen LogP contribution in [0, 0.1) is 0 Å². The van der Waals surface area contributed by atoms with Gasteiger partial charge in [0.1, 0.15) is 6.10 Å². The maximum Gasteiger partial charge on any atom is 0.335 e. The molecule has 0 amide bonds. The second-order valence-corrected chi connectivity index (χ2v) is 7.77. The SMILES string of the molecule is CC(ON(C(C)c1ccc(C(=O)O)cc1)C(C)(C)C)c1ccc(C(=O)O)cc1. The Hall–Kier alpha value is -2.70. The molecule has 2 N–H and O–H groups in total. The summed E-state index contributed by atoms with van der Waals surface area (Å²) >= 11 is 0. The second-order valence-electron chi connectivity index (χ2n) is 7.77. The van der Waals surface area contributed by atoms with Crippen molar-refractivity contribution in [3.05, 3.63) is 70.8 Å². The zero-order chi connectivity index (χ0) is 21.1. The van der Waals surface area contributed by atoms with Gasteiger partial charge in [-0.1, -0.05) is 24.3 Å². The summed E-state index contributed by atoms with van der Waals surface area (Å²) in [5.74, 6) is -1.92. The number of carbonyl (C=O) groups is 2. The number of carboxylic acids is 2. The van der Waals surface area contributed by atoms with Crippen molar-refractivity contribution >= 4 is 11.9 Å². The molecule has 0 bridgehead atoms. The molecular formula is C22H27NO5. The van der Waals surface area contributed by atoms with Gasteiger partial charge < -0.3 is 10.2 Å². The van der Waals surface area contributed by atoms with Gasteiger partial charge in [-0.05, 0) is 70.0 Å². The van der Waals surface area contributed by atoms with E-state index in [0.717, 1.165) is 11.1 Å². The van der Waals surface area contributed by atoms with Gasteiger partial charge in [-0.2, -0.15) is 5.06 Å². The van der Waals surface area contributed by atoms with E-state index in [2.05, 4.69) is 0 Å². The number of hydrogen-bond acceptors (Lipinski definition) is 4. The summed E-state index contributed by atoms with van der Waals surface area (Å²) in [4.78, 5) is 28.4. The van der Waals surface area contributed by atoms with Crippen molar-refractivity contribution in [2.75, 3.05) is 0 Å². The average molecular weight is 385 g/mol. The maximum atomic E-state index is 11.1. The Morgan fingerprint density at radius 3 is 1.57 bits per heavy atom. The molecule has 6 nitrogen and oxygen atoms in total. The molecule has 0 fully saturated rings.